The maximum Gasteiger partial charge on any atom is 0.0716 e. The number of hydrogen-bond donors (Lipinski definition) is 0. The third kappa shape index (κ3) is 5.75. The highest BCUT2D eigenvalue weighted by atomic mass is 14.8. The van der Waals surface area contributed by atoms with Gasteiger partial charge in [0.2, 0.25) is 0 Å². The molecule has 0 saturated carbocycles. The fourth-order valence-corrected chi connectivity index (χ4v) is 2.66. The second-order valence-corrected chi connectivity index (χ2v) is 6.29. The van der Waals surface area contributed by atoms with Crippen LogP contribution in [0.1, 0.15) is 23.6 Å². The average molecular weight is 367 g/mol. The maximum atomic E-state index is 4.71. The SMILES string of the molecule is C=C/C=C(\C=C)c1ccc(/C(=C/C(=NCc2ccccc2)C(=C)C)N=C)cc1. The first kappa shape index (κ1) is 20.8. The zero-order chi connectivity index (χ0) is 20.4. The lowest BCUT2D eigenvalue weighted by atomic mass is 10.0. The second kappa shape index (κ2) is 10.6. The number of rotatable bonds is 9. The fraction of sp³-hybridized carbons (Fsp3) is 0.0769. The van der Waals surface area contributed by atoms with Gasteiger partial charge in [-0.3, -0.25) is 9.98 Å². The van der Waals surface area contributed by atoms with E-state index in [0.29, 0.717) is 6.54 Å². The number of benzene rings is 2. The molecular formula is C26H26N2. The smallest absolute Gasteiger partial charge is 0.0716 e. The van der Waals surface area contributed by atoms with Gasteiger partial charge in [0.15, 0.2) is 0 Å². The van der Waals surface area contributed by atoms with Crippen LogP contribution in [0.15, 0.2) is 114 Å². The lowest BCUT2D eigenvalue weighted by molar-refractivity contribution is 1.07. The first-order valence-corrected chi connectivity index (χ1v) is 9.07. The molecule has 0 aliphatic heterocycles. The molecule has 0 bridgehead atoms. The molecule has 0 amide bonds. The third-order valence-electron chi connectivity index (χ3n) is 4.19. The highest BCUT2D eigenvalue weighted by Crippen LogP contribution is 2.22. The van der Waals surface area contributed by atoms with Crippen LogP contribution in [0, 0.1) is 0 Å². The van der Waals surface area contributed by atoms with Gasteiger partial charge < -0.3 is 0 Å². The minimum absolute atomic E-state index is 0.595. The molecule has 0 aliphatic rings. The van der Waals surface area contributed by atoms with Gasteiger partial charge in [-0.15, -0.1) is 0 Å². The zero-order valence-corrected chi connectivity index (χ0v) is 16.4. The number of aliphatic imine (C=N–C) groups is 2. The molecule has 0 fully saturated rings. The molecule has 0 spiro atoms. The summed E-state index contributed by atoms with van der Waals surface area (Å²) in [5.74, 6) is 0. The van der Waals surface area contributed by atoms with Crippen molar-refractivity contribution in [1.29, 1.82) is 0 Å². The Morgan fingerprint density at radius 3 is 2.14 bits per heavy atom. The summed E-state index contributed by atoms with van der Waals surface area (Å²) in [6.07, 6.45) is 7.43. The van der Waals surface area contributed by atoms with Crippen molar-refractivity contribution in [2.24, 2.45) is 9.98 Å². The van der Waals surface area contributed by atoms with E-state index in [-0.39, 0.29) is 0 Å². The predicted molar refractivity (Wildman–Crippen MR) is 125 cm³/mol. The van der Waals surface area contributed by atoms with Crippen LogP contribution in [0.3, 0.4) is 0 Å². The topological polar surface area (TPSA) is 24.7 Å². The lowest BCUT2D eigenvalue weighted by Gasteiger charge is -2.07. The normalized spacial score (nSPS) is 12.4. The van der Waals surface area contributed by atoms with Crippen LogP contribution in [0.4, 0.5) is 0 Å². The van der Waals surface area contributed by atoms with Crippen LogP contribution in [0.2, 0.25) is 0 Å². The molecule has 140 valence electrons. The van der Waals surface area contributed by atoms with Gasteiger partial charge >= 0.3 is 0 Å². The Bertz CT molecular complexity index is 940. The van der Waals surface area contributed by atoms with Gasteiger partial charge in [-0.2, -0.15) is 0 Å². The molecule has 0 atom stereocenters. The Morgan fingerprint density at radius 1 is 0.964 bits per heavy atom. The summed E-state index contributed by atoms with van der Waals surface area (Å²) >= 11 is 0. The van der Waals surface area contributed by atoms with E-state index in [1.54, 1.807) is 6.08 Å². The Balaban J connectivity index is 2.32. The Morgan fingerprint density at radius 2 is 1.61 bits per heavy atom. The molecule has 0 radical (unpaired) electrons. The zero-order valence-electron chi connectivity index (χ0n) is 16.4. The Labute approximate surface area is 168 Å². The molecule has 2 aromatic carbocycles. The summed E-state index contributed by atoms with van der Waals surface area (Å²) in [5, 5.41) is 0. The summed E-state index contributed by atoms with van der Waals surface area (Å²) in [6.45, 7) is 17.9. The summed E-state index contributed by atoms with van der Waals surface area (Å²) in [6, 6.07) is 18.2. The molecule has 0 N–H and O–H groups in total. The summed E-state index contributed by atoms with van der Waals surface area (Å²) in [5.41, 5.74) is 6.66. The molecule has 2 rings (SSSR count). The minimum atomic E-state index is 0.595. The van der Waals surface area contributed by atoms with Crippen LogP contribution in [-0.2, 0) is 6.54 Å². The molecule has 0 saturated heterocycles. The van der Waals surface area contributed by atoms with Gasteiger partial charge in [0.25, 0.3) is 0 Å². The van der Waals surface area contributed by atoms with E-state index in [1.165, 1.54) is 0 Å². The van der Waals surface area contributed by atoms with E-state index in [2.05, 4.69) is 43.6 Å². The quantitative estimate of drug-likeness (QED) is 0.348. The van der Waals surface area contributed by atoms with Crippen molar-refractivity contribution in [1.82, 2.24) is 0 Å². The monoisotopic (exact) mass is 366 g/mol. The molecule has 2 aromatic rings. The molecular weight excluding hydrogens is 340 g/mol. The molecule has 2 heteroatoms. The number of hydrogen-bond acceptors (Lipinski definition) is 2. The standard InChI is InChI=1S/C26H26N2/c1-6-11-22(7-2)23-14-16-24(17-15-23)26(27-5)18-25(20(3)4)28-19-21-12-9-8-10-13-21/h6-18H,1-3,5,19H2,4H3/b22-11+,26-18-,28-25?. The van der Waals surface area contributed by atoms with E-state index in [4.69, 9.17) is 4.99 Å². The van der Waals surface area contributed by atoms with E-state index >= 15 is 0 Å². The maximum absolute atomic E-state index is 4.71. The van der Waals surface area contributed by atoms with E-state index in [9.17, 15) is 0 Å². The molecule has 2 nitrogen and oxygen atoms in total. The first-order chi connectivity index (χ1) is 13.6. The molecule has 0 unspecified atom stereocenters. The molecule has 0 aromatic heterocycles. The lowest BCUT2D eigenvalue weighted by Crippen LogP contribution is -1.98. The van der Waals surface area contributed by atoms with Crippen molar-refractivity contribution >= 4 is 23.7 Å². The second-order valence-electron chi connectivity index (χ2n) is 6.29. The average Bonchev–Trinajstić information content (AvgIpc) is 2.73. The van der Waals surface area contributed by atoms with Gasteiger partial charge in [0.1, 0.15) is 0 Å². The van der Waals surface area contributed by atoms with Gasteiger partial charge in [-0.25, -0.2) is 0 Å². The largest absolute Gasteiger partial charge is 0.280 e. The summed E-state index contributed by atoms with van der Waals surface area (Å²) in [7, 11) is 0. The van der Waals surface area contributed by atoms with Crippen molar-refractivity contribution in [3.05, 3.63) is 121 Å². The minimum Gasteiger partial charge on any atom is -0.280 e. The van der Waals surface area contributed by atoms with Crippen molar-refractivity contribution in [3.8, 4) is 0 Å². The van der Waals surface area contributed by atoms with E-state index < -0.39 is 0 Å². The molecule has 28 heavy (non-hydrogen) atoms. The van der Waals surface area contributed by atoms with Crippen molar-refractivity contribution < 1.29 is 0 Å². The van der Waals surface area contributed by atoms with Crippen LogP contribution < -0.4 is 0 Å². The van der Waals surface area contributed by atoms with Gasteiger partial charge in [0, 0.05) is 5.56 Å². The summed E-state index contributed by atoms with van der Waals surface area (Å²) < 4.78 is 0. The van der Waals surface area contributed by atoms with Gasteiger partial charge in [-0.1, -0.05) is 92.6 Å². The molecule has 0 heterocycles. The third-order valence-corrected chi connectivity index (χ3v) is 4.19. The van der Waals surface area contributed by atoms with E-state index in [0.717, 1.165) is 39.2 Å². The van der Waals surface area contributed by atoms with E-state index in [1.807, 2.05) is 67.6 Å². The number of nitrogens with zero attached hydrogens (tertiary/aromatic N) is 2. The first-order valence-electron chi connectivity index (χ1n) is 9.07. The predicted octanol–water partition coefficient (Wildman–Crippen LogP) is 6.70. The number of allylic oxidation sites excluding steroid dienone is 6. The highest BCUT2D eigenvalue weighted by molar-refractivity contribution is 6.11. The van der Waals surface area contributed by atoms with Gasteiger partial charge in [0.05, 0.1) is 18.0 Å². The fourth-order valence-electron chi connectivity index (χ4n) is 2.66. The van der Waals surface area contributed by atoms with Crippen molar-refractivity contribution in [3.63, 3.8) is 0 Å². The highest BCUT2D eigenvalue weighted by Gasteiger charge is 2.05. The van der Waals surface area contributed by atoms with Crippen LogP contribution >= 0.6 is 0 Å². The Kier molecular flexibility index (Phi) is 7.86. The Hall–Kier alpha value is -3.52. The van der Waals surface area contributed by atoms with Crippen LogP contribution in [0.5, 0.6) is 0 Å². The summed E-state index contributed by atoms with van der Waals surface area (Å²) in [4.78, 5) is 8.91. The van der Waals surface area contributed by atoms with Crippen molar-refractivity contribution in [2.45, 2.75) is 13.5 Å². The van der Waals surface area contributed by atoms with Crippen LogP contribution in [0.25, 0.3) is 11.3 Å². The van der Waals surface area contributed by atoms with Crippen LogP contribution in [-0.4, -0.2) is 12.4 Å². The molecule has 0 aliphatic carbocycles. The van der Waals surface area contributed by atoms with Gasteiger partial charge in [-0.05, 0) is 42.0 Å². The van der Waals surface area contributed by atoms with Crippen molar-refractivity contribution in [2.75, 3.05) is 0 Å².